The van der Waals surface area contributed by atoms with E-state index in [1.807, 2.05) is 0 Å². The average molecular weight is 210 g/mol. The molecule has 0 aromatic heterocycles. The molecule has 0 radical (unpaired) electrons. The van der Waals surface area contributed by atoms with Gasteiger partial charge in [0.1, 0.15) is 0 Å². The maximum absolute atomic E-state index is 9.48. The minimum atomic E-state index is -1.01. The molecule has 2 rings (SSSR count). The zero-order valence-electron chi connectivity index (χ0n) is 9.98. The van der Waals surface area contributed by atoms with E-state index >= 15 is 0 Å². The summed E-state index contributed by atoms with van der Waals surface area (Å²) in [7, 11) is 0. The van der Waals surface area contributed by atoms with Crippen molar-refractivity contribution in [2.75, 3.05) is 0 Å². The first-order chi connectivity index (χ1) is 6.96. The van der Waals surface area contributed by atoms with E-state index in [4.69, 9.17) is 0 Å². The summed E-state index contributed by atoms with van der Waals surface area (Å²) in [5.74, 6) is 2.56. The Balaban J connectivity index is 1.92. The number of fused-ring (bicyclic) bond motifs is 2. The van der Waals surface area contributed by atoms with Crippen LogP contribution in [0.25, 0.3) is 0 Å². The molecule has 15 heavy (non-hydrogen) atoms. The highest BCUT2D eigenvalue weighted by Gasteiger charge is 2.42. The Morgan fingerprint density at radius 2 is 2.00 bits per heavy atom. The van der Waals surface area contributed by atoms with Crippen molar-refractivity contribution in [3.05, 3.63) is 0 Å². The van der Waals surface area contributed by atoms with Crippen LogP contribution in [-0.4, -0.2) is 16.9 Å². The van der Waals surface area contributed by atoms with Crippen molar-refractivity contribution in [3.63, 3.8) is 0 Å². The third-order valence-electron chi connectivity index (χ3n) is 3.90. The summed E-state index contributed by atoms with van der Waals surface area (Å²) in [5.41, 5.74) is -1.01. The van der Waals surface area contributed by atoms with Gasteiger partial charge in [-0.1, -0.05) is 6.42 Å². The van der Waals surface area contributed by atoms with Crippen molar-refractivity contribution in [2.24, 2.45) is 28.0 Å². The molecular formula is C12H22N2O. The molecule has 0 heterocycles. The molecule has 2 saturated carbocycles. The monoisotopic (exact) mass is 210 g/mol. The highest BCUT2D eigenvalue weighted by atomic mass is 16.3. The molecule has 0 saturated heterocycles. The van der Waals surface area contributed by atoms with Gasteiger partial charge >= 0.3 is 0 Å². The Morgan fingerprint density at radius 1 is 1.27 bits per heavy atom. The molecule has 2 bridgehead atoms. The summed E-state index contributed by atoms with van der Waals surface area (Å²) in [4.78, 5) is 0. The minimum Gasteiger partial charge on any atom is -0.368 e. The zero-order valence-corrected chi connectivity index (χ0v) is 9.98. The lowest BCUT2D eigenvalue weighted by Gasteiger charge is -2.25. The van der Waals surface area contributed by atoms with E-state index in [-0.39, 0.29) is 6.04 Å². The summed E-state index contributed by atoms with van der Waals surface area (Å²) in [6.07, 6.45) is 5.55. The molecule has 0 aliphatic heterocycles. The summed E-state index contributed by atoms with van der Waals surface area (Å²) < 4.78 is 0. The van der Waals surface area contributed by atoms with E-state index in [0.29, 0.717) is 0 Å². The van der Waals surface area contributed by atoms with E-state index in [2.05, 4.69) is 17.2 Å². The predicted molar refractivity (Wildman–Crippen MR) is 59.6 cm³/mol. The van der Waals surface area contributed by atoms with E-state index in [1.54, 1.807) is 13.8 Å². The second kappa shape index (κ2) is 3.85. The standard InChI is InChI=1S/C12H22N2O/c1-8(13-14-12(2,3)15)11-7-9-4-5-10(11)6-9/h8-11,15H,4-7H2,1-3H3. The van der Waals surface area contributed by atoms with Crippen LogP contribution in [0.3, 0.4) is 0 Å². The topological polar surface area (TPSA) is 45.0 Å². The van der Waals surface area contributed by atoms with Crippen LogP contribution in [0.15, 0.2) is 10.2 Å². The van der Waals surface area contributed by atoms with Gasteiger partial charge in [-0.25, -0.2) is 0 Å². The lowest BCUT2D eigenvalue weighted by atomic mass is 9.84. The second-order valence-electron chi connectivity index (χ2n) is 5.79. The number of azo groups is 1. The summed E-state index contributed by atoms with van der Waals surface area (Å²) in [6.45, 7) is 5.48. The first-order valence-electron chi connectivity index (χ1n) is 6.10. The number of aliphatic hydroxyl groups is 1. The third kappa shape index (κ3) is 2.57. The average Bonchev–Trinajstić information content (AvgIpc) is 2.73. The molecule has 0 aromatic carbocycles. The van der Waals surface area contributed by atoms with Gasteiger partial charge in [0.25, 0.3) is 0 Å². The predicted octanol–water partition coefficient (Wildman–Crippen LogP) is 2.99. The van der Waals surface area contributed by atoms with Crippen LogP contribution >= 0.6 is 0 Å². The Bertz CT molecular complexity index is 257. The normalized spacial score (nSPS) is 37.7. The van der Waals surface area contributed by atoms with Crippen LogP contribution in [0.5, 0.6) is 0 Å². The molecule has 2 fully saturated rings. The number of hydrogen-bond donors (Lipinski definition) is 1. The van der Waals surface area contributed by atoms with Gasteiger partial charge in [0.05, 0.1) is 6.04 Å². The fourth-order valence-electron chi connectivity index (χ4n) is 3.20. The number of nitrogens with zero attached hydrogens (tertiary/aromatic N) is 2. The Labute approximate surface area is 92.0 Å². The van der Waals surface area contributed by atoms with E-state index in [1.165, 1.54) is 25.7 Å². The Hall–Kier alpha value is -0.440. The van der Waals surface area contributed by atoms with Crippen molar-refractivity contribution in [1.29, 1.82) is 0 Å². The molecule has 4 atom stereocenters. The van der Waals surface area contributed by atoms with Gasteiger partial charge in [-0.3, -0.25) is 0 Å². The van der Waals surface area contributed by atoms with Gasteiger partial charge in [-0.2, -0.15) is 10.2 Å². The molecular weight excluding hydrogens is 188 g/mol. The molecule has 2 aliphatic rings. The van der Waals surface area contributed by atoms with Crippen LogP contribution in [0.1, 0.15) is 46.5 Å². The Kier molecular flexibility index (Phi) is 2.84. The lowest BCUT2D eigenvalue weighted by molar-refractivity contribution is 0.0787. The van der Waals surface area contributed by atoms with Crippen molar-refractivity contribution in [2.45, 2.75) is 58.2 Å². The van der Waals surface area contributed by atoms with Gasteiger partial charge in [0.15, 0.2) is 5.72 Å². The van der Waals surface area contributed by atoms with E-state index in [0.717, 1.165) is 17.8 Å². The van der Waals surface area contributed by atoms with Gasteiger partial charge in [-0.05, 0) is 57.8 Å². The van der Waals surface area contributed by atoms with Crippen molar-refractivity contribution in [1.82, 2.24) is 0 Å². The molecule has 0 aromatic rings. The van der Waals surface area contributed by atoms with Gasteiger partial charge in [-0.15, -0.1) is 0 Å². The van der Waals surface area contributed by atoms with Crippen LogP contribution in [0.4, 0.5) is 0 Å². The molecule has 0 spiro atoms. The summed E-state index contributed by atoms with van der Waals surface area (Å²) >= 11 is 0. The van der Waals surface area contributed by atoms with Crippen molar-refractivity contribution in [3.8, 4) is 0 Å². The second-order valence-corrected chi connectivity index (χ2v) is 5.79. The van der Waals surface area contributed by atoms with Crippen molar-refractivity contribution >= 4 is 0 Å². The van der Waals surface area contributed by atoms with Gasteiger partial charge in [0.2, 0.25) is 0 Å². The van der Waals surface area contributed by atoms with Crippen LogP contribution in [0.2, 0.25) is 0 Å². The first-order valence-corrected chi connectivity index (χ1v) is 6.10. The molecule has 3 nitrogen and oxygen atoms in total. The van der Waals surface area contributed by atoms with Crippen LogP contribution in [-0.2, 0) is 0 Å². The largest absolute Gasteiger partial charge is 0.368 e. The molecule has 4 unspecified atom stereocenters. The highest BCUT2D eigenvalue weighted by Crippen LogP contribution is 2.50. The Morgan fingerprint density at radius 3 is 2.47 bits per heavy atom. The fraction of sp³-hybridized carbons (Fsp3) is 1.00. The number of rotatable bonds is 3. The maximum atomic E-state index is 9.48. The fourth-order valence-corrected chi connectivity index (χ4v) is 3.20. The lowest BCUT2D eigenvalue weighted by Crippen LogP contribution is -2.22. The molecule has 1 N–H and O–H groups in total. The first kappa shape index (κ1) is 11.1. The minimum absolute atomic E-state index is 0.284. The molecule has 2 aliphatic carbocycles. The third-order valence-corrected chi connectivity index (χ3v) is 3.90. The quantitative estimate of drug-likeness (QED) is 0.715. The van der Waals surface area contributed by atoms with Crippen LogP contribution in [0, 0.1) is 17.8 Å². The SMILES string of the molecule is CC(N=NC(C)(C)O)C1CC2CCC1C2. The van der Waals surface area contributed by atoms with Gasteiger partial charge in [0, 0.05) is 0 Å². The summed E-state index contributed by atoms with van der Waals surface area (Å²) in [5, 5.41) is 17.7. The summed E-state index contributed by atoms with van der Waals surface area (Å²) in [6, 6.07) is 0.284. The van der Waals surface area contributed by atoms with E-state index < -0.39 is 5.72 Å². The maximum Gasteiger partial charge on any atom is 0.170 e. The zero-order chi connectivity index (χ0) is 11.1. The van der Waals surface area contributed by atoms with Crippen molar-refractivity contribution < 1.29 is 5.11 Å². The molecule has 0 amide bonds. The smallest absolute Gasteiger partial charge is 0.170 e. The number of hydrogen-bond acceptors (Lipinski definition) is 3. The molecule has 3 heteroatoms. The van der Waals surface area contributed by atoms with Gasteiger partial charge < -0.3 is 5.11 Å². The highest BCUT2D eigenvalue weighted by molar-refractivity contribution is 4.93. The van der Waals surface area contributed by atoms with Crippen LogP contribution < -0.4 is 0 Å². The molecule has 86 valence electrons. The van der Waals surface area contributed by atoms with E-state index in [9.17, 15) is 5.11 Å².